The molecule has 1 aromatic carbocycles. The van der Waals surface area contributed by atoms with Gasteiger partial charge in [-0.05, 0) is 44.4 Å². The molecular weight excluding hydrogens is 356 g/mol. The van der Waals surface area contributed by atoms with E-state index in [4.69, 9.17) is 4.52 Å². The molecule has 0 saturated heterocycles. The monoisotopic (exact) mass is 380 g/mol. The van der Waals surface area contributed by atoms with Gasteiger partial charge in [-0.2, -0.15) is 10.1 Å². The molecule has 1 aliphatic rings. The Kier molecular flexibility index (Phi) is 5.10. The lowest BCUT2D eigenvalue weighted by Gasteiger charge is -2.24. The highest BCUT2D eigenvalue weighted by Crippen LogP contribution is 2.38. The van der Waals surface area contributed by atoms with Gasteiger partial charge >= 0.3 is 6.03 Å². The minimum absolute atomic E-state index is 0.164. The summed E-state index contributed by atoms with van der Waals surface area (Å²) in [5.74, 6) is 1.64. The molecule has 0 bridgehead atoms. The van der Waals surface area contributed by atoms with Gasteiger partial charge in [0.05, 0.1) is 18.3 Å². The topological polar surface area (TPSA) is 89.1 Å². The molecule has 1 saturated carbocycles. The van der Waals surface area contributed by atoms with Crippen molar-refractivity contribution in [2.75, 3.05) is 6.54 Å². The smallest absolute Gasteiger partial charge is 0.318 e. The molecule has 4 rings (SSSR count). The number of urea groups is 1. The van der Waals surface area contributed by atoms with Gasteiger partial charge in [-0.3, -0.25) is 0 Å². The van der Waals surface area contributed by atoms with Crippen molar-refractivity contribution in [1.29, 1.82) is 0 Å². The Labute approximate surface area is 163 Å². The van der Waals surface area contributed by atoms with Crippen LogP contribution in [-0.2, 0) is 6.54 Å². The van der Waals surface area contributed by atoms with Crippen molar-refractivity contribution in [1.82, 2.24) is 30.1 Å². The van der Waals surface area contributed by atoms with Crippen LogP contribution in [-0.4, -0.2) is 37.4 Å². The minimum Gasteiger partial charge on any atom is -0.339 e. The van der Waals surface area contributed by atoms with E-state index in [0.29, 0.717) is 30.7 Å². The van der Waals surface area contributed by atoms with E-state index in [2.05, 4.69) is 20.6 Å². The average Bonchev–Trinajstić information content (AvgIpc) is 3.22. The van der Waals surface area contributed by atoms with Crippen molar-refractivity contribution in [3.8, 4) is 5.69 Å². The first-order chi connectivity index (χ1) is 13.7. The summed E-state index contributed by atoms with van der Waals surface area (Å²) in [4.78, 5) is 18.9. The molecule has 2 aromatic heterocycles. The Hall–Kier alpha value is -3.16. The number of benzene rings is 1. The lowest BCUT2D eigenvalue weighted by molar-refractivity contribution is 0.192. The molecule has 8 heteroatoms. The molecule has 0 radical (unpaired) electrons. The van der Waals surface area contributed by atoms with Crippen LogP contribution in [0.4, 0.5) is 4.79 Å². The van der Waals surface area contributed by atoms with Crippen LogP contribution in [0.5, 0.6) is 0 Å². The number of rotatable bonds is 7. The molecule has 3 aromatic rings. The zero-order valence-corrected chi connectivity index (χ0v) is 16.1. The molecule has 146 valence electrons. The van der Waals surface area contributed by atoms with E-state index in [9.17, 15) is 4.79 Å². The van der Waals surface area contributed by atoms with E-state index in [1.807, 2.05) is 50.4 Å². The third kappa shape index (κ3) is 3.90. The zero-order chi connectivity index (χ0) is 19.5. The lowest BCUT2D eigenvalue weighted by Crippen LogP contribution is -2.40. The van der Waals surface area contributed by atoms with Crippen molar-refractivity contribution in [2.24, 2.45) is 0 Å². The molecule has 0 spiro atoms. The predicted molar refractivity (Wildman–Crippen MR) is 103 cm³/mol. The molecule has 2 heterocycles. The summed E-state index contributed by atoms with van der Waals surface area (Å²) in [7, 11) is 0. The van der Waals surface area contributed by atoms with Crippen LogP contribution in [0.15, 0.2) is 47.2 Å². The fourth-order valence-corrected chi connectivity index (χ4v) is 3.15. The first-order valence-corrected chi connectivity index (χ1v) is 9.62. The van der Waals surface area contributed by atoms with Crippen LogP contribution in [0.25, 0.3) is 5.69 Å². The minimum atomic E-state index is -0.186. The largest absolute Gasteiger partial charge is 0.339 e. The molecule has 8 nitrogen and oxygen atoms in total. The first kappa shape index (κ1) is 18.2. The number of carbonyl (C=O) groups excluding carboxylic acids is 1. The van der Waals surface area contributed by atoms with Crippen molar-refractivity contribution >= 4 is 6.03 Å². The third-order valence-corrected chi connectivity index (χ3v) is 4.91. The molecule has 1 fully saturated rings. The van der Waals surface area contributed by atoms with E-state index < -0.39 is 0 Å². The zero-order valence-electron chi connectivity index (χ0n) is 16.1. The number of nitrogens with one attached hydrogen (secondary N) is 1. The van der Waals surface area contributed by atoms with E-state index in [1.54, 1.807) is 15.8 Å². The summed E-state index contributed by atoms with van der Waals surface area (Å²) in [6, 6.07) is 9.43. The normalized spacial score (nSPS) is 14.6. The maximum Gasteiger partial charge on any atom is 0.318 e. The van der Waals surface area contributed by atoms with E-state index in [-0.39, 0.29) is 12.1 Å². The molecule has 1 aliphatic carbocycles. The van der Waals surface area contributed by atoms with Gasteiger partial charge < -0.3 is 14.7 Å². The summed E-state index contributed by atoms with van der Waals surface area (Å²) < 4.78 is 7.09. The Morgan fingerprint density at radius 2 is 2.18 bits per heavy atom. The summed E-state index contributed by atoms with van der Waals surface area (Å²) in [5.41, 5.74) is 1.93. The second-order valence-electron chi connectivity index (χ2n) is 7.02. The van der Waals surface area contributed by atoms with Gasteiger partial charge in [-0.15, -0.1) is 0 Å². The molecule has 2 amide bonds. The third-order valence-electron chi connectivity index (χ3n) is 4.91. The standard InChI is InChI=1S/C20H24N6O2/c1-3-25(13-18-23-19(28-24-18)15-9-10-15)20(27)22-14(2)16-7-4-5-8-17(16)26-12-6-11-21-26/h4-8,11-12,14-15H,3,9-10,13H2,1-2H3,(H,22,27). The fourth-order valence-electron chi connectivity index (χ4n) is 3.15. The van der Waals surface area contributed by atoms with E-state index >= 15 is 0 Å². The Balaban J connectivity index is 1.44. The van der Waals surface area contributed by atoms with Gasteiger partial charge in [0, 0.05) is 24.9 Å². The summed E-state index contributed by atoms with van der Waals surface area (Å²) in [5, 5.41) is 11.4. The van der Waals surface area contributed by atoms with Gasteiger partial charge in [0.1, 0.15) is 0 Å². The van der Waals surface area contributed by atoms with Gasteiger partial charge in [-0.25, -0.2) is 9.48 Å². The second kappa shape index (κ2) is 7.84. The highest BCUT2D eigenvalue weighted by Gasteiger charge is 2.30. The van der Waals surface area contributed by atoms with Crippen LogP contribution in [0.3, 0.4) is 0 Å². The number of nitrogens with zero attached hydrogens (tertiary/aromatic N) is 5. The van der Waals surface area contributed by atoms with Crippen molar-refractivity contribution in [3.63, 3.8) is 0 Å². The highest BCUT2D eigenvalue weighted by atomic mass is 16.5. The predicted octanol–water partition coefficient (Wildman–Crippen LogP) is 3.43. The fraction of sp³-hybridized carbons (Fsp3) is 0.400. The van der Waals surface area contributed by atoms with Crippen LogP contribution >= 0.6 is 0 Å². The van der Waals surface area contributed by atoms with E-state index in [0.717, 1.165) is 24.1 Å². The SMILES string of the molecule is CCN(Cc1noc(C2CC2)n1)C(=O)NC(C)c1ccccc1-n1cccn1. The van der Waals surface area contributed by atoms with Gasteiger partial charge in [0.15, 0.2) is 5.82 Å². The molecule has 1 atom stereocenters. The summed E-state index contributed by atoms with van der Waals surface area (Å²) in [6.07, 6.45) is 5.83. The van der Waals surface area contributed by atoms with Crippen LogP contribution in [0, 0.1) is 0 Å². The summed E-state index contributed by atoms with van der Waals surface area (Å²) >= 11 is 0. The average molecular weight is 380 g/mol. The van der Waals surface area contributed by atoms with Crippen molar-refractivity contribution in [3.05, 3.63) is 60.0 Å². The van der Waals surface area contributed by atoms with Crippen LogP contribution in [0.2, 0.25) is 0 Å². The second-order valence-corrected chi connectivity index (χ2v) is 7.02. The van der Waals surface area contributed by atoms with Gasteiger partial charge in [-0.1, -0.05) is 23.4 Å². The number of amides is 2. The number of carbonyl (C=O) groups is 1. The Morgan fingerprint density at radius 3 is 2.89 bits per heavy atom. The number of para-hydroxylation sites is 1. The molecule has 1 unspecified atom stereocenters. The van der Waals surface area contributed by atoms with Crippen LogP contribution in [0.1, 0.15) is 55.9 Å². The van der Waals surface area contributed by atoms with Gasteiger partial charge in [0.25, 0.3) is 0 Å². The Bertz CT molecular complexity index is 932. The van der Waals surface area contributed by atoms with Crippen LogP contribution < -0.4 is 5.32 Å². The van der Waals surface area contributed by atoms with Gasteiger partial charge in [0.2, 0.25) is 5.89 Å². The van der Waals surface area contributed by atoms with E-state index in [1.165, 1.54) is 0 Å². The number of hydrogen-bond donors (Lipinski definition) is 1. The quantitative estimate of drug-likeness (QED) is 0.678. The molecule has 28 heavy (non-hydrogen) atoms. The first-order valence-electron chi connectivity index (χ1n) is 9.62. The van der Waals surface area contributed by atoms with Crippen molar-refractivity contribution < 1.29 is 9.32 Å². The molecule has 0 aliphatic heterocycles. The molecule has 1 N–H and O–H groups in total. The lowest BCUT2D eigenvalue weighted by atomic mass is 10.1. The highest BCUT2D eigenvalue weighted by molar-refractivity contribution is 5.74. The number of hydrogen-bond acceptors (Lipinski definition) is 5. The molecular formula is C20H24N6O2. The maximum atomic E-state index is 12.8. The summed E-state index contributed by atoms with van der Waals surface area (Å²) in [6.45, 7) is 4.77. The number of aromatic nitrogens is 4. The maximum absolute atomic E-state index is 12.8. The Morgan fingerprint density at radius 1 is 1.36 bits per heavy atom. The van der Waals surface area contributed by atoms with Crippen molar-refractivity contribution in [2.45, 2.75) is 45.2 Å².